The number of halogens is 2. The van der Waals surface area contributed by atoms with Crippen LogP contribution in [0.2, 0.25) is 0 Å². The minimum Gasteiger partial charge on any atom is -0.474 e. The fourth-order valence-corrected chi connectivity index (χ4v) is 3.61. The smallest absolute Gasteiger partial charge is 0.256 e. The normalized spacial score (nSPS) is 13.8. The molecular weight excluding hydrogens is 454 g/mol. The number of anilines is 1. The molecule has 1 amide bonds. The second kappa shape index (κ2) is 9.90. The van der Waals surface area contributed by atoms with Gasteiger partial charge in [0.15, 0.2) is 11.6 Å². The number of methoxy groups -OCH3 is 1. The molecule has 0 unspecified atom stereocenters. The van der Waals surface area contributed by atoms with Crippen LogP contribution < -0.4 is 10.2 Å². The van der Waals surface area contributed by atoms with E-state index in [0.717, 1.165) is 0 Å². The molecule has 3 aromatic rings. The summed E-state index contributed by atoms with van der Waals surface area (Å²) in [5.41, 5.74) is 0.607. The van der Waals surface area contributed by atoms with Crippen molar-refractivity contribution in [3.05, 3.63) is 54.1 Å². The number of nitrogens with zero attached hydrogens (tertiary/aromatic N) is 7. The standard InChI is InChI=1S/C20H22F2N8O2S/c1-32-20(33)23-11-14-12-30(26-25-14)15-9-16(21)19(17(22)10-15)28-7-5-27(6-8-28)18(31)13-29-4-2-3-24-29/h2-4,9-10,12H,5-8,11,13H2,1H3,(H,23,33). The summed E-state index contributed by atoms with van der Waals surface area (Å²) in [6, 6.07) is 4.16. The Morgan fingerprint density at radius 1 is 1.21 bits per heavy atom. The van der Waals surface area contributed by atoms with Gasteiger partial charge in [0.05, 0.1) is 25.5 Å². The van der Waals surface area contributed by atoms with E-state index in [9.17, 15) is 13.6 Å². The molecular formula is C20H22F2N8O2S. The largest absolute Gasteiger partial charge is 0.474 e. The molecule has 2 aromatic heterocycles. The Bertz CT molecular complexity index is 1110. The van der Waals surface area contributed by atoms with Crippen LogP contribution in [0, 0.1) is 11.6 Å². The summed E-state index contributed by atoms with van der Waals surface area (Å²) in [4.78, 5) is 15.7. The van der Waals surface area contributed by atoms with Gasteiger partial charge in [0, 0.05) is 50.7 Å². The Kier molecular flexibility index (Phi) is 6.77. The highest BCUT2D eigenvalue weighted by atomic mass is 32.1. The number of aromatic nitrogens is 5. The Morgan fingerprint density at radius 2 is 1.94 bits per heavy atom. The third-order valence-electron chi connectivity index (χ3n) is 5.21. The summed E-state index contributed by atoms with van der Waals surface area (Å²) < 4.78 is 37.5. The zero-order valence-corrected chi connectivity index (χ0v) is 18.6. The van der Waals surface area contributed by atoms with Gasteiger partial charge in [-0.25, -0.2) is 13.5 Å². The maximum Gasteiger partial charge on any atom is 0.256 e. The monoisotopic (exact) mass is 476 g/mol. The minimum atomic E-state index is -0.711. The topological polar surface area (TPSA) is 93.3 Å². The second-order valence-corrected chi connectivity index (χ2v) is 7.70. The lowest BCUT2D eigenvalue weighted by Gasteiger charge is -2.36. The van der Waals surface area contributed by atoms with Crippen LogP contribution >= 0.6 is 12.2 Å². The van der Waals surface area contributed by atoms with E-state index in [1.165, 1.54) is 23.9 Å². The fourth-order valence-electron chi connectivity index (χ4n) is 3.54. The molecule has 174 valence electrons. The van der Waals surface area contributed by atoms with E-state index in [0.29, 0.717) is 31.9 Å². The van der Waals surface area contributed by atoms with Crippen molar-refractivity contribution in [1.29, 1.82) is 0 Å². The molecule has 0 saturated carbocycles. The average molecular weight is 477 g/mol. The Hall–Kier alpha value is -3.61. The minimum absolute atomic E-state index is 0.0858. The number of carbonyl (C=O) groups is 1. The third-order valence-corrected chi connectivity index (χ3v) is 5.52. The predicted molar refractivity (Wildman–Crippen MR) is 119 cm³/mol. The van der Waals surface area contributed by atoms with Crippen molar-refractivity contribution in [2.24, 2.45) is 0 Å². The van der Waals surface area contributed by atoms with Crippen molar-refractivity contribution < 1.29 is 18.3 Å². The van der Waals surface area contributed by atoms with Crippen LogP contribution in [0.25, 0.3) is 5.69 Å². The summed E-state index contributed by atoms with van der Waals surface area (Å²) in [5.74, 6) is -1.51. The highest BCUT2D eigenvalue weighted by Crippen LogP contribution is 2.27. The molecule has 1 aliphatic heterocycles. The maximum atomic E-state index is 14.9. The van der Waals surface area contributed by atoms with E-state index >= 15 is 0 Å². The lowest BCUT2D eigenvalue weighted by molar-refractivity contribution is -0.132. The van der Waals surface area contributed by atoms with Crippen molar-refractivity contribution in [3.8, 4) is 5.69 Å². The Labute approximate surface area is 193 Å². The lowest BCUT2D eigenvalue weighted by Crippen LogP contribution is -2.50. The number of nitrogens with one attached hydrogen (secondary N) is 1. The van der Waals surface area contributed by atoms with Crippen LogP contribution in [0.15, 0.2) is 36.8 Å². The molecule has 33 heavy (non-hydrogen) atoms. The van der Waals surface area contributed by atoms with Gasteiger partial charge >= 0.3 is 0 Å². The van der Waals surface area contributed by atoms with Crippen molar-refractivity contribution in [3.63, 3.8) is 0 Å². The molecule has 1 aliphatic rings. The van der Waals surface area contributed by atoms with Gasteiger partial charge in [-0.1, -0.05) is 5.21 Å². The van der Waals surface area contributed by atoms with E-state index in [4.69, 9.17) is 17.0 Å². The first-order valence-corrected chi connectivity index (χ1v) is 10.6. The van der Waals surface area contributed by atoms with Crippen molar-refractivity contribution in [2.45, 2.75) is 13.1 Å². The number of benzene rings is 1. The number of carbonyl (C=O) groups excluding carboxylic acids is 1. The summed E-state index contributed by atoms with van der Waals surface area (Å²) in [7, 11) is 1.44. The highest BCUT2D eigenvalue weighted by molar-refractivity contribution is 7.80. The van der Waals surface area contributed by atoms with E-state index in [2.05, 4.69) is 20.7 Å². The maximum absolute atomic E-state index is 14.9. The van der Waals surface area contributed by atoms with Gasteiger partial charge in [-0.05, 0) is 18.3 Å². The molecule has 0 spiro atoms. The molecule has 10 nitrogen and oxygen atoms in total. The van der Waals surface area contributed by atoms with Crippen LogP contribution in [0.5, 0.6) is 0 Å². The molecule has 1 aromatic carbocycles. The number of piperazine rings is 1. The molecule has 3 heterocycles. The zero-order chi connectivity index (χ0) is 23.4. The highest BCUT2D eigenvalue weighted by Gasteiger charge is 2.26. The number of hydrogen-bond acceptors (Lipinski definition) is 7. The van der Waals surface area contributed by atoms with Crippen molar-refractivity contribution >= 4 is 29.0 Å². The third kappa shape index (κ3) is 5.25. The summed E-state index contributed by atoms with van der Waals surface area (Å²) in [5, 5.41) is 14.9. The SMILES string of the molecule is COC(=S)NCc1cn(-c2cc(F)c(N3CCN(C(=O)Cn4cccn4)CC3)c(F)c2)nn1. The van der Waals surface area contributed by atoms with E-state index in [-0.39, 0.29) is 35.5 Å². The van der Waals surface area contributed by atoms with Crippen LogP contribution in [0.3, 0.4) is 0 Å². The van der Waals surface area contributed by atoms with E-state index in [1.807, 2.05) is 0 Å². The van der Waals surface area contributed by atoms with Gasteiger partial charge in [0.25, 0.3) is 5.17 Å². The Balaban J connectivity index is 1.40. The Morgan fingerprint density at radius 3 is 2.58 bits per heavy atom. The number of ether oxygens (including phenoxy) is 1. The van der Waals surface area contributed by atoms with Crippen LogP contribution in [-0.2, 0) is 22.6 Å². The van der Waals surface area contributed by atoms with Gasteiger partial charge in [-0.2, -0.15) is 5.10 Å². The van der Waals surface area contributed by atoms with Crippen molar-refractivity contribution in [2.75, 3.05) is 38.2 Å². The zero-order valence-electron chi connectivity index (χ0n) is 17.8. The average Bonchev–Trinajstić information content (AvgIpc) is 3.49. The van der Waals surface area contributed by atoms with Crippen molar-refractivity contribution in [1.82, 2.24) is 35.0 Å². The predicted octanol–water partition coefficient (Wildman–Crippen LogP) is 1.11. The van der Waals surface area contributed by atoms with Crippen LogP contribution in [0.1, 0.15) is 5.69 Å². The molecule has 1 fully saturated rings. The van der Waals surface area contributed by atoms with Gasteiger partial charge in [0.1, 0.15) is 17.9 Å². The number of hydrogen-bond donors (Lipinski definition) is 1. The van der Waals surface area contributed by atoms with Gasteiger partial charge in [0.2, 0.25) is 5.91 Å². The van der Waals surface area contributed by atoms with Crippen LogP contribution in [-0.4, -0.2) is 74.0 Å². The van der Waals surface area contributed by atoms with Gasteiger partial charge in [-0.15, -0.1) is 5.10 Å². The first-order valence-electron chi connectivity index (χ1n) is 10.2. The molecule has 0 atom stereocenters. The summed E-state index contributed by atoms with van der Waals surface area (Å²) >= 11 is 4.89. The molecule has 0 radical (unpaired) electrons. The molecule has 13 heteroatoms. The lowest BCUT2D eigenvalue weighted by atomic mass is 10.2. The molecule has 1 saturated heterocycles. The first kappa shape index (κ1) is 22.6. The van der Waals surface area contributed by atoms with Gasteiger partial charge in [-0.3, -0.25) is 9.48 Å². The van der Waals surface area contributed by atoms with Gasteiger partial charge < -0.3 is 19.9 Å². The molecule has 0 aliphatic carbocycles. The number of amides is 1. The quantitative estimate of drug-likeness (QED) is 0.529. The number of rotatable bonds is 6. The fraction of sp³-hybridized carbons (Fsp3) is 0.350. The molecule has 0 bridgehead atoms. The summed E-state index contributed by atoms with van der Waals surface area (Å²) in [6.07, 6.45) is 4.86. The second-order valence-electron chi connectivity index (χ2n) is 7.33. The number of thiocarbonyl (C=S) groups is 1. The van der Waals surface area contributed by atoms with Crippen LogP contribution in [0.4, 0.5) is 14.5 Å². The molecule has 4 rings (SSSR count). The summed E-state index contributed by atoms with van der Waals surface area (Å²) in [6.45, 7) is 1.76. The molecule has 1 N–H and O–H groups in total. The van der Waals surface area contributed by atoms with E-state index < -0.39 is 11.6 Å². The van der Waals surface area contributed by atoms with E-state index in [1.54, 1.807) is 39.1 Å². The first-order chi connectivity index (χ1) is 15.9.